The topological polar surface area (TPSA) is 63.2 Å². The van der Waals surface area contributed by atoms with Crippen molar-refractivity contribution in [1.29, 1.82) is 0 Å². The van der Waals surface area contributed by atoms with Gasteiger partial charge in [0.1, 0.15) is 5.60 Å². The molecule has 1 aromatic heterocycles. The van der Waals surface area contributed by atoms with Gasteiger partial charge < -0.3 is 10.1 Å². The van der Waals surface area contributed by atoms with Crippen LogP contribution < -0.4 is 10.6 Å². The summed E-state index contributed by atoms with van der Waals surface area (Å²) in [7, 11) is 0. The molecule has 1 heterocycles. The summed E-state index contributed by atoms with van der Waals surface area (Å²) in [6.45, 7) is 6.20. The summed E-state index contributed by atoms with van der Waals surface area (Å²) in [6.07, 6.45) is 3.12. The Morgan fingerprint density at radius 1 is 1.14 bits per heavy atom. The van der Waals surface area contributed by atoms with Gasteiger partial charge in [-0.3, -0.25) is 10.3 Å². The standard InChI is InChI=1S/C17H21N3O2/c1-17(2,3)22-16(21)20-15-8-6-14(7-9-15)19-12-13-5-4-10-18-11-13/h4-11,19H,12H2,1-3H3,(H,20,21). The molecular formula is C17H21N3O2. The Bertz CT molecular complexity index is 604. The summed E-state index contributed by atoms with van der Waals surface area (Å²) in [5.41, 5.74) is 2.27. The Morgan fingerprint density at radius 3 is 2.41 bits per heavy atom. The Balaban J connectivity index is 1.86. The second kappa shape index (κ2) is 6.93. The first kappa shape index (κ1) is 15.8. The molecule has 0 radical (unpaired) electrons. The van der Waals surface area contributed by atoms with E-state index in [1.807, 2.05) is 63.4 Å². The van der Waals surface area contributed by atoms with E-state index in [4.69, 9.17) is 4.74 Å². The van der Waals surface area contributed by atoms with E-state index >= 15 is 0 Å². The predicted octanol–water partition coefficient (Wildman–Crippen LogP) is 4.04. The van der Waals surface area contributed by atoms with E-state index < -0.39 is 11.7 Å². The number of pyridine rings is 1. The van der Waals surface area contributed by atoms with E-state index in [0.717, 1.165) is 11.3 Å². The fourth-order valence-corrected chi connectivity index (χ4v) is 1.80. The average molecular weight is 299 g/mol. The first-order valence-electron chi connectivity index (χ1n) is 7.15. The van der Waals surface area contributed by atoms with Crippen molar-refractivity contribution in [3.8, 4) is 0 Å². The molecule has 5 nitrogen and oxygen atoms in total. The number of nitrogens with zero attached hydrogens (tertiary/aromatic N) is 1. The van der Waals surface area contributed by atoms with Crippen molar-refractivity contribution >= 4 is 17.5 Å². The maximum Gasteiger partial charge on any atom is 0.412 e. The zero-order chi connectivity index (χ0) is 16.0. The highest BCUT2D eigenvalue weighted by Gasteiger charge is 2.15. The number of nitrogens with one attached hydrogen (secondary N) is 2. The number of benzene rings is 1. The van der Waals surface area contributed by atoms with Gasteiger partial charge in [-0.15, -0.1) is 0 Å². The van der Waals surface area contributed by atoms with Crippen LogP contribution in [0.15, 0.2) is 48.8 Å². The molecule has 22 heavy (non-hydrogen) atoms. The van der Waals surface area contributed by atoms with Gasteiger partial charge in [-0.1, -0.05) is 6.07 Å². The molecule has 0 aliphatic rings. The molecule has 5 heteroatoms. The molecule has 0 aliphatic carbocycles. The number of carbonyl (C=O) groups is 1. The minimum atomic E-state index is -0.505. The van der Waals surface area contributed by atoms with E-state index in [9.17, 15) is 4.79 Å². The summed E-state index contributed by atoms with van der Waals surface area (Å²) < 4.78 is 5.20. The number of hydrogen-bond acceptors (Lipinski definition) is 4. The monoisotopic (exact) mass is 299 g/mol. The van der Waals surface area contributed by atoms with Crippen molar-refractivity contribution in [2.45, 2.75) is 32.9 Å². The molecule has 1 aromatic carbocycles. The normalized spacial score (nSPS) is 10.9. The zero-order valence-electron chi connectivity index (χ0n) is 13.1. The lowest BCUT2D eigenvalue weighted by Gasteiger charge is -2.19. The number of ether oxygens (including phenoxy) is 1. The predicted molar refractivity (Wildman–Crippen MR) is 87.9 cm³/mol. The quantitative estimate of drug-likeness (QED) is 0.894. The summed E-state index contributed by atoms with van der Waals surface area (Å²) in [5.74, 6) is 0. The molecule has 0 spiro atoms. The largest absolute Gasteiger partial charge is 0.444 e. The fraction of sp³-hybridized carbons (Fsp3) is 0.294. The van der Waals surface area contributed by atoms with Crippen LogP contribution in [0.25, 0.3) is 0 Å². The molecule has 1 amide bonds. The summed E-state index contributed by atoms with van der Waals surface area (Å²) in [4.78, 5) is 15.7. The van der Waals surface area contributed by atoms with Crippen molar-refractivity contribution in [3.63, 3.8) is 0 Å². The molecule has 116 valence electrons. The smallest absolute Gasteiger partial charge is 0.412 e. The molecule has 0 aliphatic heterocycles. The highest BCUT2D eigenvalue weighted by molar-refractivity contribution is 5.85. The number of carbonyl (C=O) groups excluding carboxylic acids is 1. The second-order valence-corrected chi connectivity index (χ2v) is 5.92. The van der Waals surface area contributed by atoms with Crippen LogP contribution >= 0.6 is 0 Å². The molecule has 2 N–H and O–H groups in total. The van der Waals surface area contributed by atoms with E-state index in [2.05, 4.69) is 15.6 Å². The maximum atomic E-state index is 11.7. The summed E-state index contributed by atoms with van der Waals surface area (Å²) >= 11 is 0. The molecule has 0 unspecified atom stereocenters. The van der Waals surface area contributed by atoms with Gasteiger partial charge in [-0.25, -0.2) is 4.79 Å². The SMILES string of the molecule is CC(C)(C)OC(=O)Nc1ccc(NCc2cccnc2)cc1. The van der Waals surface area contributed by atoms with E-state index in [1.54, 1.807) is 6.20 Å². The lowest BCUT2D eigenvalue weighted by atomic mass is 10.2. The Hall–Kier alpha value is -2.56. The maximum absolute atomic E-state index is 11.7. The number of amides is 1. The summed E-state index contributed by atoms with van der Waals surface area (Å²) in [5, 5.41) is 6.00. The van der Waals surface area contributed by atoms with E-state index in [0.29, 0.717) is 12.2 Å². The van der Waals surface area contributed by atoms with Crippen LogP contribution in [0.5, 0.6) is 0 Å². The van der Waals surface area contributed by atoms with Crippen LogP contribution in [0, 0.1) is 0 Å². The Kier molecular flexibility index (Phi) is 4.99. The number of hydrogen-bond donors (Lipinski definition) is 2. The number of anilines is 2. The van der Waals surface area contributed by atoms with Crippen LogP contribution in [0.2, 0.25) is 0 Å². The highest BCUT2D eigenvalue weighted by Crippen LogP contribution is 2.16. The molecule has 0 bridgehead atoms. The van der Waals surface area contributed by atoms with Gasteiger partial charge in [-0.2, -0.15) is 0 Å². The van der Waals surface area contributed by atoms with Crippen LogP contribution in [-0.4, -0.2) is 16.7 Å². The molecule has 0 saturated heterocycles. The van der Waals surface area contributed by atoms with Gasteiger partial charge in [0.25, 0.3) is 0 Å². The van der Waals surface area contributed by atoms with Crippen LogP contribution in [0.4, 0.5) is 16.2 Å². The van der Waals surface area contributed by atoms with Gasteiger partial charge in [0, 0.05) is 30.3 Å². The number of rotatable bonds is 4. The van der Waals surface area contributed by atoms with E-state index in [-0.39, 0.29) is 0 Å². The van der Waals surface area contributed by atoms with Crippen LogP contribution in [0.3, 0.4) is 0 Å². The van der Waals surface area contributed by atoms with Gasteiger partial charge in [-0.05, 0) is 56.7 Å². The minimum Gasteiger partial charge on any atom is -0.444 e. The number of aromatic nitrogens is 1. The Labute approximate surface area is 130 Å². The average Bonchev–Trinajstić information content (AvgIpc) is 2.45. The highest BCUT2D eigenvalue weighted by atomic mass is 16.6. The molecule has 2 rings (SSSR count). The van der Waals surface area contributed by atoms with Crippen molar-refractivity contribution in [1.82, 2.24) is 4.98 Å². The van der Waals surface area contributed by atoms with Crippen molar-refractivity contribution < 1.29 is 9.53 Å². The molecule has 0 atom stereocenters. The second-order valence-electron chi connectivity index (χ2n) is 5.92. The van der Waals surface area contributed by atoms with Crippen molar-refractivity contribution in [2.24, 2.45) is 0 Å². The third-order valence-corrected chi connectivity index (χ3v) is 2.75. The lowest BCUT2D eigenvalue weighted by molar-refractivity contribution is 0.0636. The van der Waals surface area contributed by atoms with Crippen molar-refractivity contribution in [2.75, 3.05) is 10.6 Å². The van der Waals surface area contributed by atoms with Crippen LogP contribution in [0.1, 0.15) is 26.3 Å². The van der Waals surface area contributed by atoms with Gasteiger partial charge in [0.2, 0.25) is 0 Å². The molecule has 0 fully saturated rings. The summed E-state index contributed by atoms with van der Waals surface area (Å²) in [6, 6.07) is 11.4. The first-order valence-corrected chi connectivity index (χ1v) is 7.15. The Morgan fingerprint density at radius 2 is 1.82 bits per heavy atom. The zero-order valence-corrected chi connectivity index (χ0v) is 13.1. The van der Waals surface area contributed by atoms with Crippen molar-refractivity contribution in [3.05, 3.63) is 54.4 Å². The van der Waals surface area contributed by atoms with Crippen LogP contribution in [-0.2, 0) is 11.3 Å². The van der Waals surface area contributed by atoms with Gasteiger partial charge in [0.05, 0.1) is 0 Å². The first-order chi connectivity index (χ1) is 10.4. The van der Waals surface area contributed by atoms with Gasteiger partial charge >= 0.3 is 6.09 Å². The van der Waals surface area contributed by atoms with E-state index in [1.165, 1.54) is 0 Å². The third-order valence-electron chi connectivity index (χ3n) is 2.75. The fourth-order valence-electron chi connectivity index (χ4n) is 1.80. The molecular weight excluding hydrogens is 278 g/mol. The molecule has 0 saturated carbocycles. The third kappa shape index (κ3) is 5.44. The minimum absolute atomic E-state index is 0.455. The molecule has 2 aromatic rings. The van der Waals surface area contributed by atoms with Gasteiger partial charge in [0.15, 0.2) is 0 Å². The lowest BCUT2D eigenvalue weighted by Crippen LogP contribution is -2.27.